The van der Waals surface area contributed by atoms with Gasteiger partial charge in [0.25, 0.3) is 0 Å². The Kier molecular flexibility index (Phi) is 20.8. The summed E-state index contributed by atoms with van der Waals surface area (Å²) in [6, 6.07) is 17.9. The molecular formula is C58H82FN5O10. The number of ether oxygens (including phenoxy) is 4. The Labute approximate surface area is 438 Å². The number of likely N-dealkylation sites (N-methyl/N-ethyl adjacent to an activating group) is 2. The number of carbonyl (C=O) groups is 6. The first-order valence-electron chi connectivity index (χ1n) is 26.2. The molecule has 0 aromatic heterocycles. The second-order valence-corrected chi connectivity index (χ2v) is 21.8. The van der Waals surface area contributed by atoms with E-state index in [0.29, 0.717) is 25.8 Å². The molecule has 1 aliphatic heterocycles. The van der Waals surface area contributed by atoms with E-state index in [9.17, 15) is 33.2 Å². The smallest absolute Gasteiger partial charge is 0.410 e. The number of hydrogen-bond donors (Lipinski definition) is 2. The maximum absolute atomic E-state index is 14.8. The number of hydrogen-bond acceptors (Lipinski definition) is 10. The Morgan fingerprint density at radius 2 is 1.38 bits per heavy atom. The molecule has 2 N–H and O–H groups in total. The maximum atomic E-state index is 14.8. The molecule has 3 aromatic carbocycles. The summed E-state index contributed by atoms with van der Waals surface area (Å²) >= 11 is 0. The number of benzene rings is 3. The van der Waals surface area contributed by atoms with E-state index in [-0.39, 0.29) is 60.5 Å². The number of nitrogens with zero attached hydrogens (tertiary/aromatic N) is 3. The van der Waals surface area contributed by atoms with Gasteiger partial charge < -0.3 is 39.4 Å². The third kappa shape index (κ3) is 14.1. The predicted molar refractivity (Wildman–Crippen MR) is 282 cm³/mol. The van der Waals surface area contributed by atoms with Gasteiger partial charge in [0.05, 0.1) is 36.6 Å². The molecule has 8 unspecified atom stereocenters. The van der Waals surface area contributed by atoms with Gasteiger partial charge in [0, 0.05) is 47.2 Å². The number of nitrogens with one attached hydrogen (secondary N) is 2. The minimum atomic E-state index is -1.20. The number of esters is 1. The zero-order chi connectivity index (χ0) is 54.8. The van der Waals surface area contributed by atoms with E-state index < -0.39 is 83.6 Å². The normalized spacial score (nSPS) is 17.7. The van der Waals surface area contributed by atoms with Gasteiger partial charge in [0.1, 0.15) is 36.2 Å². The molecule has 0 spiro atoms. The summed E-state index contributed by atoms with van der Waals surface area (Å²) in [6.45, 7) is 18.6. The molecule has 16 heteroatoms. The minimum Gasteiger partial charge on any atom is -0.458 e. The van der Waals surface area contributed by atoms with Crippen LogP contribution < -0.4 is 10.6 Å². The molecule has 0 saturated carbocycles. The van der Waals surface area contributed by atoms with Crippen molar-refractivity contribution in [3.8, 4) is 11.1 Å². The molecule has 74 heavy (non-hydrogen) atoms. The molecule has 1 aliphatic carbocycles. The number of rotatable bonds is 23. The average molecular weight is 1030 g/mol. The number of methoxy groups -OCH3 is 2. The van der Waals surface area contributed by atoms with Crippen molar-refractivity contribution in [2.75, 3.05) is 41.5 Å². The summed E-state index contributed by atoms with van der Waals surface area (Å²) < 4.78 is 38.5. The van der Waals surface area contributed by atoms with Gasteiger partial charge in [-0.25, -0.2) is 14.0 Å². The lowest BCUT2D eigenvalue weighted by molar-refractivity contribution is -0.159. The van der Waals surface area contributed by atoms with E-state index in [1.807, 2.05) is 77.9 Å². The van der Waals surface area contributed by atoms with Gasteiger partial charge in [-0.3, -0.25) is 24.1 Å². The Hall–Kier alpha value is -5.87. The van der Waals surface area contributed by atoms with Crippen LogP contribution in [0.25, 0.3) is 11.1 Å². The van der Waals surface area contributed by atoms with Crippen LogP contribution in [0.2, 0.25) is 0 Å². The van der Waals surface area contributed by atoms with Crippen LogP contribution in [0.5, 0.6) is 0 Å². The average Bonchev–Trinajstić information content (AvgIpc) is 3.97. The summed E-state index contributed by atoms with van der Waals surface area (Å²) in [5.41, 5.74) is 3.71. The Morgan fingerprint density at radius 3 is 1.92 bits per heavy atom. The van der Waals surface area contributed by atoms with E-state index in [1.54, 1.807) is 62.7 Å². The molecule has 9 atom stereocenters. The number of amides is 5. The Morgan fingerprint density at radius 1 is 0.784 bits per heavy atom. The number of likely N-dealkylation sites (tertiary alicyclic amines) is 1. The van der Waals surface area contributed by atoms with E-state index in [1.165, 1.54) is 32.2 Å². The maximum Gasteiger partial charge on any atom is 0.410 e. The molecule has 1 saturated heterocycles. The van der Waals surface area contributed by atoms with Crippen molar-refractivity contribution < 1.29 is 52.1 Å². The molecule has 406 valence electrons. The number of halogens is 1. The summed E-state index contributed by atoms with van der Waals surface area (Å²) in [5.74, 6) is -4.76. The van der Waals surface area contributed by atoms with Crippen LogP contribution in [0.3, 0.4) is 0 Å². The van der Waals surface area contributed by atoms with Crippen molar-refractivity contribution in [2.24, 2.45) is 23.7 Å². The fraction of sp³-hybridized carbons (Fsp3) is 0.586. The summed E-state index contributed by atoms with van der Waals surface area (Å²) in [7, 11) is 6.18. The summed E-state index contributed by atoms with van der Waals surface area (Å²) in [5, 5.41) is 5.79. The fourth-order valence-electron chi connectivity index (χ4n) is 10.8. The molecule has 5 amide bonds. The third-order valence-corrected chi connectivity index (χ3v) is 14.8. The Bertz CT molecular complexity index is 2380. The lowest BCUT2D eigenvalue weighted by Crippen LogP contribution is -2.60. The first-order chi connectivity index (χ1) is 34.9. The van der Waals surface area contributed by atoms with Gasteiger partial charge in [-0.05, 0) is 85.3 Å². The highest BCUT2D eigenvalue weighted by Crippen LogP contribution is 2.44. The monoisotopic (exact) mass is 1030 g/mol. The second-order valence-electron chi connectivity index (χ2n) is 21.8. The van der Waals surface area contributed by atoms with Crippen molar-refractivity contribution in [2.45, 2.75) is 155 Å². The molecule has 15 nitrogen and oxygen atoms in total. The predicted octanol–water partition coefficient (Wildman–Crippen LogP) is 8.16. The molecular weight excluding hydrogens is 946 g/mol. The quantitative estimate of drug-likeness (QED) is 0.0883. The fourth-order valence-corrected chi connectivity index (χ4v) is 10.8. The van der Waals surface area contributed by atoms with Crippen LogP contribution in [-0.2, 0) is 49.3 Å². The van der Waals surface area contributed by atoms with Gasteiger partial charge in [-0.2, -0.15) is 0 Å². The number of fused-ring (bicyclic) bond motifs is 3. The van der Waals surface area contributed by atoms with Gasteiger partial charge in [-0.1, -0.05) is 122 Å². The molecule has 1 heterocycles. The van der Waals surface area contributed by atoms with Crippen LogP contribution >= 0.6 is 0 Å². The number of carbonyl (C=O) groups excluding carboxylic acids is 6. The van der Waals surface area contributed by atoms with E-state index >= 15 is 0 Å². The van der Waals surface area contributed by atoms with E-state index in [2.05, 4.69) is 22.8 Å². The highest BCUT2D eigenvalue weighted by molar-refractivity contribution is 5.92. The molecule has 5 rings (SSSR count). The zero-order valence-corrected chi connectivity index (χ0v) is 46.1. The summed E-state index contributed by atoms with van der Waals surface area (Å²) in [6.07, 6.45) is -0.615. The largest absolute Gasteiger partial charge is 0.458 e. The zero-order valence-electron chi connectivity index (χ0n) is 46.1. The highest BCUT2D eigenvalue weighted by Gasteiger charge is 2.44. The van der Waals surface area contributed by atoms with Crippen LogP contribution in [0.1, 0.15) is 118 Å². The molecule has 1 fully saturated rings. The van der Waals surface area contributed by atoms with Crippen LogP contribution in [0.4, 0.5) is 9.18 Å². The van der Waals surface area contributed by atoms with Crippen molar-refractivity contribution in [3.05, 3.63) is 95.3 Å². The lowest BCUT2D eigenvalue weighted by atomic mass is 9.89. The SMILES string of the molecule is CCC(C)C(C(CC(=O)N1CCC[C@H]1C(OC)C(C)C(=O)NC(Cc1ccccc1F)C(=O)OC(C)(C)C)OC)N(C)C(=O)C(NC(=O)C(C(C)C)N(C)C(=O)OCC1c2ccccc2-c2ccccc21)C(C)C. The van der Waals surface area contributed by atoms with Gasteiger partial charge >= 0.3 is 12.1 Å². The van der Waals surface area contributed by atoms with Gasteiger partial charge in [-0.15, -0.1) is 0 Å². The van der Waals surface area contributed by atoms with Crippen molar-refractivity contribution in [1.29, 1.82) is 0 Å². The standard InChI is InChI=1S/C58H82FN5O10/c1-15-36(6)51(47(71-13)32-48(65)64-30-22-29-46(64)52(72-14)37(7)53(66)60-45(56(69)74-58(8,9)10)31-38-23-16-21-28-44(38)59)62(11)55(68)49(34(2)3)61-54(67)50(35(4)5)63(12)57(70)73-33-43-41-26-19-17-24-39(41)40-25-18-20-27-42(40)43/h16-21,23-28,34-37,43,45-47,49-52H,15,22,29-33H2,1-14H3,(H,60,66)(H,61,67)/t36?,37?,45?,46-,47?,49?,50?,51?,52?/m0/s1. The van der Waals surface area contributed by atoms with Gasteiger partial charge in [0.2, 0.25) is 23.6 Å². The van der Waals surface area contributed by atoms with Gasteiger partial charge in [0.15, 0.2) is 0 Å². The van der Waals surface area contributed by atoms with Crippen LogP contribution in [0, 0.1) is 29.5 Å². The van der Waals surface area contributed by atoms with Crippen LogP contribution in [0.15, 0.2) is 72.8 Å². The molecule has 3 aromatic rings. The Balaban J connectivity index is 1.27. The topological polar surface area (TPSA) is 173 Å². The third-order valence-electron chi connectivity index (χ3n) is 14.8. The van der Waals surface area contributed by atoms with Crippen molar-refractivity contribution >= 4 is 35.7 Å². The second kappa shape index (κ2) is 26.1. The first kappa shape index (κ1) is 59.0. The first-order valence-corrected chi connectivity index (χ1v) is 26.2. The van der Waals surface area contributed by atoms with E-state index in [0.717, 1.165) is 22.3 Å². The molecule has 2 aliphatic rings. The highest BCUT2D eigenvalue weighted by atomic mass is 19.1. The van der Waals surface area contributed by atoms with Crippen molar-refractivity contribution in [3.63, 3.8) is 0 Å². The van der Waals surface area contributed by atoms with Crippen LogP contribution in [-0.4, -0.2) is 140 Å². The lowest BCUT2D eigenvalue weighted by Gasteiger charge is -2.41. The van der Waals surface area contributed by atoms with E-state index in [4.69, 9.17) is 18.9 Å². The van der Waals surface area contributed by atoms with Crippen molar-refractivity contribution in [1.82, 2.24) is 25.3 Å². The molecule has 0 bridgehead atoms. The minimum absolute atomic E-state index is 0.0841. The summed E-state index contributed by atoms with van der Waals surface area (Å²) in [4.78, 5) is 89.5. The molecule has 0 radical (unpaired) electrons.